The number of benzene rings is 1. The van der Waals surface area contributed by atoms with E-state index in [0.29, 0.717) is 17.8 Å². The predicted molar refractivity (Wildman–Crippen MR) is 79.6 cm³/mol. The molecular weight excluding hydrogens is 269 g/mol. The number of ketones is 1. The number of para-hydroxylation sites is 1. The summed E-state index contributed by atoms with van der Waals surface area (Å²) in [4.78, 5) is 12.8. The van der Waals surface area contributed by atoms with Crippen LogP contribution in [-0.2, 0) is 0 Å². The Bertz CT molecular complexity index is 668. The molecule has 3 rings (SSSR count). The van der Waals surface area contributed by atoms with E-state index >= 15 is 0 Å². The fraction of sp³-hybridized carbons (Fsp3) is 0.471. The van der Waals surface area contributed by atoms with Gasteiger partial charge in [0.25, 0.3) is 0 Å². The number of nitrogens with two attached hydrogens (primary N) is 1. The van der Waals surface area contributed by atoms with Gasteiger partial charge in [-0.2, -0.15) is 0 Å². The third-order valence-corrected chi connectivity index (χ3v) is 4.82. The first-order valence-electron chi connectivity index (χ1n) is 7.49. The molecule has 4 heteroatoms. The Morgan fingerprint density at radius 3 is 2.76 bits per heavy atom. The van der Waals surface area contributed by atoms with Gasteiger partial charge in [0.1, 0.15) is 0 Å². The van der Waals surface area contributed by atoms with Gasteiger partial charge in [-0.1, -0.05) is 19.1 Å². The molecule has 0 bridgehead atoms. The molecule has 0 unspecified atom stereocenters. The zero-order valence-electron chi connectivity index (χ0n) is 12.2. The minimum absolute atomic E-state index is 0.0764. The third-order valence-electron chi connectivity index (χ3n) is 4.82. The minimum Gasteiger partial charge on any atom is -0.450 e. The number of carbonyl (C=O) groups excluding carboxylic acids is 1. The predicted octanol–water partition coefficient (Wildman–Crippen LogP) is 3.91. The molecular formula is C17H20FNO2. The molecule has 1 aromatic heterocycles. The number of Topliss-reactive ketones (excluding diaryl/α,β-unsaturated/α-hetero) is 1. The second-order valence-corrected chi connectivity index (χ2v) is 6.26. The first-order valence-corrected chi connectivity index (χ1v) is 7.49. The number of hydrogen-bond donors (Lipinski definition) is 1. The molecule has 21 heavy (non-hydrogen) atoms. The van der Waals surface area contributed by atoms with Crippen molar-refractivity contribution in [2.45, 2.75) is 32.6 Å². The summed E-state index contributed by atoms with van der Waals surface area (Å²) < 4.78 is 19.2. The summed E-state index contributed by atoms with van der Waals surface area (Å²) in [6, 6.07) is 6.33. The lowest BCUT2D eigenvalue weighted by atomic mass is 9.68. The Kier molecular flexibility index (Phi) is 3.57. The monoisotopic (exact) mass is 289 g/mol. The molecule has 0 radical (unpaired) electrons. The van der Waals surface area contributed by atoms with Crippen LogP contribution in [0.5, 0.6) is 0 Å². The van der Waals surface area contributed by atoms with Crippen LogP contribution >= 0.6 is 0 Å². The van der Waals surface area contributed by atoms with Crippen LogP contribution in [0, 0.1) is 17.2 Å². The Morgan fingerprint density at radius 2 is 2.14 bits per heavy atom. The molecule has 0 spiro atoms. The topological polar surface area (TPSA) is 56.2 Å². The van der Waals surface area contributed by atoms with Crippen LogP contribution < -0.4 is 5.73 Å². The van der Waals surface area contributed by atoms with E-state index in [9.17, 15) is 9.18 Å². The van der Waals surface area contributed by atoms with Crippen molar-refractivity contribution >= 4 is 16.8 Å². The van der Waals surface area contributed by atoms with Crippen molar-refractivity contribution in [2.24, 2.45) is 17.1 Å². The van der Waals surface area contributed by atoms with Gasteiger partial charge < -0.3 is 10.2 Å². The number of carbonyl (C=O) groups is 1. The average molecular weight is 289 g/mol. The third kappa shape index (κ3) is 2.38. The second kappa shape index (κ2) is 5.26. The molecule has 2 aromatic rings. The Morgan fingerprint density at radius 1 is 1.43 bits per heavy atom. The highest BCUT2D eigenvalue weighted by atomic mass is 19.1. The zero-order chi connectivity index (χ0) is 15.0. The largest absolute Gasteiger partial charge is 0.450 e. The highest BCUT2D eigenvalue weighted by Gasteiger charge is 2.41. The first kappa shape index (κ1) is 14.3. The molecule has 0 amide bonds. The maximum atomic E-state index is 13.7. The van der Waals surface area contributed by atoms with E-state index in [2.05, 4.69) is 6.92 Å². The SMILES string of the molecule is CC1CCC(CN)(C(=O)c2cc3cccc(F)c3o2)CC1. The van der Waals surface area contributed by atoms with Crippen molar-refractivity contribution in [3.8, 4) is 0 Å². The van der Waals surface area contributed by atoms with Crippen molar-refractivity contribution in [1.29, 1.82) is 0 Å². The normalized spacial score (nSPS) is 26.1. The summed E-state index contributed by atoms with van der Waals surface area (Å²) in [6.07, 6.45) is 3.56. The van der Waals surface area contributed by atoms with Gasteiger partial charge in [-0.25, -0.2) is 4.39 Å². The number of hydrogen-bond acceptors (Lipinski definition) is 3. The van der Waals surface area contributed by atoms with Crippen molar-refractivity contribution in [3.63, 3.8) is 0 Å². The summed E-state index contributed by atoms with van der Waals surface area (Å²) in [6.45, 7) is 2.51. The highest BCUT2D eigenvalue weighted by molar-refractivity contribution is 6.01. The van der Waals surface area contributed by atoms with Crippen LogP contribution in [-0.4, -0.2) is 12.3 Å². The molecule has 3 nitrogen and oxygen atoms in total. The minimum atomic E-state index is -0.545. The summed E-state index contributed by atoms with van der Waals surface area (Å²) >= 11 is 0. The van der Waals surface area contributed by atoms with Gasteiger partial charge in [-0.15, -0.1) is 0 Å². The molecule has 2 N–H and O–H groups in total. The van der Waals surface area contributed by atoms with Crippen molar-refractivity contribution in [1.82, 2.24) is 0 Å². The van der Waals surface area contributed by atoms with Gasteiger partial charge in [0.2, 0.25) is 5.78 Å². The number of rotatable bonds is 3. The van der Waals surface area contributed by atoms with E-state index in [1.807, 2.05) is 0 Å². The van der Waals surface area contributed by atoms with Gasteiger partial charge in [-0.05, 0) is 43.7 Å². The summed E-state index contributed by atoms with van der Waals surface area (Å²) in [5.41, 5.74) is 5.51. The van der Waals surface area contributed by atoms with E-state index in [1.54, 1.807) is 18.2 Å². The van der Waals surface area contributed by atoms with Gasteiger partial charge >= 0.3 is 0 Å². The lowest BCUT2D eigenvalue weighted by Crippen LogP contribution is -2.41. The fourth-order valence-corrected chi connectivity index (χ4v) is 3.24. The Balaban J connectivity index is 1.97. The van der Waals surface area contributed by atoms with Gasteiger partial charge in [0.05, 0.1) is 0 Å². The molecule has 0 aliphatic heterocycles. The van der Waals surface area contributed by atoms with Crippen molar-refractivity contribution < 1.29 is 13.6 Å². The van der Waals surface area contributed by atoms with Crippen molar-refractivity contribution in [3.05, 3.63) is 35.8 Å². The number of furan rings is 1. The van der Waals surface area contributed by atoms with Crippen LogP contribution in [0.2, 0.25) is 0 Å². The van der Waals surface area contributed by atoms with Crippen LogP contribution in [0.1, 0.15) is 43.2 Å². The average Bonchev–Trinajstić information content (AvgIpc) is 2.93. The zero-order valence-corrected chi connectivity index (χ0v) is 12.2. The van der Waals surface area contributed by atoms with Gasteiger partial charge in [0.15, 0.2) is 17.2 Å². The second-order valence-electron chi connectivity index (χ2n) is 6.26. The van der Waals surface area contributed by atoms with Gasteiger partial charge in [-0.3, -0.25) is 4.79 Å². The number of fused-ring (bicyclic) bond motifs is 1. The smallest absolute Gasteiger partial charge is 0.205 e. The van der Waals surface area contributed by atoms with E-state index in [0.717, 1.165) is 25.7 Å². The maximum absolute atomic E-state index is 13.7. The summed E-state index contributed by atoms with van der Waals surface area (Å²) in [7, 11) is 0. The molecule has 0 saturated heterocycles. The lowest BCUT2D eigenvalue weighted by molar-refractivity contribution is 0.0666. The van der Waals surface area contributed by atoms with Crippen LogP contribution in [0.3, 0.4) is 0 Å². The molecule has 1 aliphatic rings. The number of halogens is 1. The summed E-state index contributed by atoms with van der Waals surface area (Å²) in [5.74, 6) is 0.346. The molecule has 0 atom stereocenters. The van der Waals surface area contributed by atoms with E-state index in [4.69, 9.17) is 10.2 Å². The van der Waals surface area contributed by atoms with Crippen LogP contribution in [0.4, 0.5) is 4.39 Å². The Hall–Kier alpha value is -1.68. The van der Waals surface area contributed by atoms with E-state index in [-0.39, 0.29) is 17.1 Å². The molecule has 1 heterocycles. The standard InChI is InChI=1S/C17H20FNO2/c1-11-5-7-17(10-19,8-6-11)16(20)14-9-12-3-2-4-13(18)15(12)21-14/h2-4,9,11H,5-8,10,19H2,1H3. The highest BCUT2D eigenvalue weighted by Crippen LogP contribution is 2.41. The molecule has 1 saturated carbocycles. The molecule has 1 aliphatic carbocycles. The van der Waals surface area contributed by atoms with Gasteiger partial charge in [0, 0.05) is 17.3 Å². The molecule has 1 fully saturated rings. The van der Waals surface area contributed by atoms with E-state index < -0.39 is 11.2 Å². The fourth-order valence-electron chi connectivity index (χ4n) is 3.24. The van der Waals surface area contributed by atoms with Crippen LogP contribution in [0.25, 0.3) is 11.0 Å². The molecule has 1 aromatic carbocycles. The summed E-state index contributed by atoms with van der Waals surface area (Å²) in [5, 5.41) is 0.620. The van der Waals surface area contributed by atoms with Crippen molar-refractivity contribution in [2.75, 3.05) is 6.54 Å². The quantitative estimate of drug-likeness (QED) is 0.872. The van der Waals surface area contributed by atoms with E-state index in [1.165, 1.54) is 6.07 Å². The maximum Gasteiger partial charge on any atom is 0.205 e. The Labute approximate surface area is 123 Å². The molecule has 112 valence electrons. The first-order chi connectivity index (χ1) is 10.1. The van der Waals surface area contributed by atoms with Crippen LogP contribution in [0.15, 0.2) is 28.7 Å². The lowest BCUT2D eigenvalue weighted by Gasteiger charge is -2.36.